The molecule has 2 aliphatic rings. The minimum atomic E-state index is -0.294. The van der Waals surface area contributed by atoms with Crippen LogP contribution in [0.2, 0.25) is 0 Å². The fraction of sp³-hybridized carbons (Fsp3) is 0.500. The molecular weight excluding hydrogens is 280 g/mol. The number of nitrogens with zero attached hydrogens (tertiary/aromatic N) is 3. The summed E-state index contributed by atoms with van der Waals surface area (Å²) in [5.41, 5.74) is 2.70. The quantitative estimate of drug-likeness (QED) is 0.917. The molecular formula is C16H20N4O2. The standard InChI is InChI=1S/C16H20N4O2/c1-12-2-7-19-9-13(18-14(19)8-12)10-20-11-16(22-15(20)21)3-5-17-6-4-16/h2,7-9,17H,3-6,10-11H2,1H3. The van der Waals surface area contributed by atoms with E-state index < -0.39 is 0 Å². The van der Waals surface area contributed by atoms with E-state index in [1.165, 1.54) is 5.56 Å². The first kappa shape index (κ1) is 13.6. The lowest BCUT2D eigenvalue weighted by molar-refractivity contribution is 0.0316. The minimum Gasteiger partial charge on any atom is -0.441 e. The van der Waals surface area contributed by atoms with Crippen LogP contribution in [-0.2, 0) is 11.3 Å². The van der Waals surface area contributed by atoms with Gasteiger partial charge in [-0.3, -0.25) is 4.90 Å². The summed E-state index contributed by atoms with van der Waals surface area (Å²) in [6.45, 7) is 5.05. The zero-order chi connectivity index (χ0) is 15.2. The topological polar surface area (TPSA) is 58.9 Å². The summed E-state index contributed by atoms with van der Waals surface area (Å²) in [6.07, 6.45) is 5.54. The SMILES string of the molecule is Cc1ccn2cc(CN3CC4(CCNCC4)OC3=O)nc2c1. The third kappa shape index (κ3) is 2.33. The van der Waals surface area contributed by atoms with Crippen molar-refractivity contribution >= 4 is 11.7 Å². The molecule has 6 heteroatoms. The maximum Gasteiger partial charge on any atom is 0.410 e. The Morgan fingerprint density at radius 3 is 3.05 bits per heavy atom. The normalized spacial score (nSPS) is 20.8. The fourth-order valence-electron chi connectivity index (χ4n) is 3.37. The Morgan fingerprint density at radius 1 is 1.41 bits per heavy atom. The molecule has 1 N–H and O–H groups in total. The van der Waals surface area contributed by atoms with Gasteiger partial charge in [-0.05, 0) is 37.7 Å². The number of ether oxygens (including phenoxy) is 1. The molecule has 2 fully saturated rings. The van der Waals surface area contributed by atoms with Crippen molar-refractivity contribution in [1.29, 1.82) is 0 Å². The lowest BCUT2D eigenvalue weighted by atomic mass is 9.92. The number of carbonyl (C=O) groups excluding carboxylic acids is 1. The van der Waals surface area contributed by atoms with E-state index in [-0.39, 0.29) is 11.7 Å². The number of piperidine rings is 1. The smallest absolute Gasteiger partial charge is 0.410 e. The first-order valence-electron chi connectivity index (χ1n) is 7.77. The Bertz CT molecular complexity index is 718. The van der Waals surface area contributed by atoms with Crippen molar-refractivity contribution in [2.45, 2.75) is 31.9 Å². The molecule has 4 rings (SSSR count). The maximum atomic E-state index is 12.2. The van der Waals surface area contributed by atoms with Crippen molar-refractivity contribution in [2.75, 3.05) is 19.6 Å². The molecule has 0 saturated carbocycles. The Morgan fingerprint density at radius 2 is 2.23 bits per heavy atom. The van der Waals surface area contributed by atoms with E-state index in [2.05, 4.69) is 10.3 Å². The molecule has 0 aromatic carbocycles. The van der Waals surface area contributed by atoms with Gasteiger partial charge in [0.2, 0.25) is 0 Å². The first-order chi connectivity index (χ1) is 10.6. The average Bonchev–Trinajstić information content (AvgIpc) is 3.01. The Kier molecular flexibility index (Phi) is 3.07. The summed E-state index contributed by atoms with van der Waals surface area (Å²) in [5, 5.41) is 3.31. The highest BCUT2D eigenvalue weighted by atomic mass is 16.6. The van der Waals surface area contributed by atoms with Crippen LogP contribution in [0.15, 0.2) is 24.5 Å². The van der Waals surface area contributed by atoms with Crippen LogP contribution >= 0.6 is 0 Å². The highest BCUT2D eigenvalue weighted by Crippen LogP contribution is 2.31. The molecule has 0 aliphatic carbocycles. The number of fused-ring (bicyclic) bond motifs is 1. The summed E-state index contributed by atoms with van der Waals surface area (Å²) in [5.74, 6) is 0. The number of nitrogens with one attached hydrogen (secondary N) is 1. The molecule has 0 radical (unpaired) electrons. The Hall–Kier alpha value is -2.08. The van der Waals surface area contributed by atoms with Gasteiger partial charge in [-0.2, -0.15) is 0 Å². The van der Waals surface area contributed by atoms with Crippen LogP contribution < -0.4 is 5.32 Å². The molecule has 2 aromatic rings. The summed E-state index contributed by atoms with van der Waals surface area (Å²) in [4.78, 5) is 18.6. The predicted octanol–water partition coefficient (Wildman–Crippen LogP) is 1.72. The van der Waals surface area contributed by atoms with Crippen LogP contribution in [0.3, 0.4) is 0 Å². The fourth-order valence-corrected chi connectivity index (χ4v) is 3.37. The monoisotopic (exact) mass is 300 g/mol. The van der Waals surface area contributed by atoms with Crippen LogP contribution in [0.1, 0.15) is 24.1 Å². The van der Waals surface area contributed by atoms with Gasteiger partial charge in [0.05, 0.1) is 18.8 Å². The largest absolute Gasteiger partial charge is 0.441 e. The molecule has 6 nitrogen and oxygen atoms in total. The molecule has 1 spiro atoms. The highest BCUT2D eigenvalue weighted by molar-refractivity contribution is 5.70. The van der Waals surface area contributed by atoms with E-state index in [9.17, 15) is 4.79 Å². The number of amides is 1. The van der Waals surface area contributed by atoms with Crippen molar-refractivity contribution in [1.82, 2.24) is 19.6 Å². The van der Waals surface area contributed by atoms with Crippen molar-refractivity contribution in [3.63, 3.8) is 0 Å². The molecule has 116 valence electrons. The second kappa shape index (κ2) is 4.98. The zero-order valence-corrected chi connectivity index (χ0v) is 12.7. The van der Waals surface area contributed by atoms with Gasteiger partial charge in [-0.25, -0.2) is 9.78 Å². The number of imidazole rings is 1. The second-order valence-corrected chi connectivity index (χ2v) is 6.36. The van der Waals surface area contributed by atoms with Crippen molar-refractivity contribution in [3.8, 4) is 0 Å². The molecule has 2 saturated heterocycles. The summed E-state index contributed by atoms with van der Waals surface area (Å²) < 4.78 is 7.67. The number of carbonyl (C=O) groups is 1. The van der Waals surface area contributed by atoms with Crippen molar-refractivity contribution in [3.05, 3.63) is 35.8 Å². The molecule has 2 aliphatic heterocycles. The van der Waals surface area contributed by atoms with Gasteiger partial charge in [0.15, 0.2) is 0 Å². The molecule has 2 aromatic heterocycles. The van der Waals surface area contributed by atoms with E-state index in [0.717, 1.165) is 37.3 Å². The maximum absolute atomic E-state index is 12.2. The third-order valence-corrected chi connectivity index (χ3v) is 4.57. The number of aromatic nitrogens is 2. The van der Waals surface area contributed by atoms with E-state index in [1.54, 1.807) is 4.90 Å². The van der Waals surface area contributed by atoms with Crippen molar-refractivity contribution in [2.24, 2.45) is 0 Å². The van der Waals surface area contributed by atoms with E-state index >= 15 is 0 Å². The molecule has 22 heavy (non-hydrogen) atoms. The van der Waals surface area contributed by atoms with Gasteiger partial charge < -0.3 is 14.5 Å². The third-order valence-electron chi connectivity index (χ3n) is 4.57. The van der Waals surface area contributed by atoms with Gasteiger partial charge in [0.1, 0.15) is 11.2 Å². The van der Waals surface area contributed by atoms with Crippen molar-refractivity contribution < 1.29 is 9.53 Å². The Labute approximate surface area is 129 Å². The number of aryl methyl sites for hydroxylation is 1. The second-order valence-electron chi connectivity index (χ2n) is 6.36. The predicted molar refractivity (Wildman–Crippen MR) is 81.7 cm³/mol. The summed E-state index contributed by atoms with van der Waals surface area (Å²) >= 11 is 0. The van der Waals surface area contributed by atoms with Crippen LogP contribution in [0.25, 0.3) is 5.65 Å². The van der Waals surface area contributed by atoms with Crippen LogP contribution in [0, 0.1) is 6.92 Å². The molecule has 4 heterocycles. The lowest BCUT2D eigenvalue weighted by Gasteiger charge is -2.31. The number of hydrogen-bond donors (Lipinski definition) is 1. The lowest BCUT2D eigenvalue weighted by Crippen LogP contribution is -2.44. The van der Waals surface area contributed by atoms with Gasteiger partial charge >= 0.3 is 6.09 Å². The van der Waals surface area contributed by atoms with E-state index in [0.29, 0.717) is 13.1 Å². The molecule has 0 bridgehead atoms. The average molecular weight is 300 g/mol. The number of hydrogen-bond acceptors (Lipinski definition) is 4. The van der Waals surface area contributed by atoms with Gasteiger partial charge in [-0.1, -0.05) is 0 Å². The number of rotatable bonds is 2. The first-order valence-corrected chi connectivity index (χ1v) is 7.77. The molecule has 1 amide bonds. The number of pyridine rings is 1. The van der Waals surface area contributed by atoms with Gasteiger partial charge in [0, 0.05) is 25.2 Å². The summed E-state index contributed by atoms with van der Waals surface area (Å²) in [7, 11) is 0. The van der Waals surface area contributed by atoms with Gasteiger partial charge in [-0.15, -0.1) is 0 Å². The highest BCUT2D eigenvalue weighted by Gasteiger charge is 2.45. The van der Waals surface area contributed by atoms with Crippen LogP contribution in [0.5, 0.6) is 0 Å². The van der Waals surface area contributed by atoms with E-state index in [4.69, 9.17) is 4.74 Å². The summed E-state index contributed by atoms with van der Waals surface area (Å²) in [6, 6.07) is 4.09. The minimum absolute atomic E-state index is 0.213. The zero-order valence-electron chi connectivity index (χ0n) is 12.7. The molecule has 0 unspecified atom stereocenters. The molecule has 0 atom stereocenters. The van der Waals surface area contributed by atoms with Crippen LogP contribution in [-0.4, -0.2) is 45.6 Å². The van der Waals surface area contributed by atoms with Crippen LogP contribution in [0.4, 0.5) is 4.79 Å². The Balaban J connectivity index is 1.53. The van der Waals surface area contributed by atoms with E-state index in [1.807, 2.05) is 35.9 Å². The van der Waals surface area contributed by atoms with Gasteiger partial charge in [0.25, 0.3) is 0 Å².